The number of hydrogen-bond donors (Lipinski definition) is 0. The molecule has 0 fully saturated rings. The highest BCUT2D eigenvalue weighted by Crippen LogP contribution is 2.44. The van der Waals surface area contributed by atoms with E-state index < -0.39 is 0 Å². The monoisotopic (exact) mass is 988 g/mol. The van der Waals surface area contributed by atoms with E-state index in [0.29, 0.717) is 5.84 Å². The van der Waals surface area contributed by atoms with Gasteiger partial charge in [-0.15, -0.1) is 0 Å². The maximum absolute atomic E-state index is 7.28. The van der Waals surface area contributed by atoms with Gasteiger partial charge >= 0.3 is 0 Å². The molecule has 0 amide bonds. The molecule has 3 heterocycles. The van der Waals surface area contributed by atoms with Gasteiger partial charge in [0.2, 0.25) is 0 Å². The zero-order valence-electron chi connectivity index (χ0n) is 43.1. The molecule has 366 valence electrons. The van der Waals surface area contributed by atoms with Gasteiger partial charge in [-0.2, -0.15) is 0 Å². The van der Waals surface area contributed by atoms with Gasteiger partial charge in [0.25, 0.3) is 0 Å². The lowest BCUT2D eigenvalue weighted by Crippen LogP contribution is -2.12. The molecule has 0 saturated heterocycles. The molecule has 3 aromatic heterocycles. The Morgan fingerprint density at radius 2 is 0.974 bits per heavy atom. The number of nitrogens with zero attached hydrogens (tertiary/aromatic N) is 4. The fraction of sp³-hybridized carbons (Fsp3) is 0.0833. The van der Waals surface area contributed by atoms with E-state index in [9.17, 15) is 0 Å². The SMILES string of the molecule is CCC(C)C(/N=C(\N=C(/C)c1cc(-n2c3cc4ccccc4cc3c3cc4ccccc4cc32)c2oc3c4ccccc4ccc3c2c1)c1ccc2c(c1)c1ccccc1n2-c1ccccc1)c1cccc2ccccc12. The molecule has 15 rings (SSSR count). The average Bonchev–Trinajstić information content (AvgIpc) is 4.18. The lowest BCUT2D eigenvalue weighted by molar-refractivity contribution is 0.461. The summed E-state index contributed by atoms with van der Waals surface area (Å²) < 4.78 is 12.1. The highest BCUT2D eigenvalue weighted by molar-refractivity contribution is 6.22. The third-order valence-electron chi connectivity index (χ3n) is 16.4. The first-order chi connectivity index (χ1) is 38.0. The molecule has 0 saturated carbocycles. The lowest BCUT2D eigenvalue weighted by atomic mass is 9.89. The van der Waals surface area contributed by atoms with Crippen molar-refractivity contribution in [3.05, 3.63) is 253 Å². The van der Waals surface area contributed by atoms with Crippen LogP contribution in [0.1, 0.15) is 49.9 Å². The van der Waals surface area contributed by atoms with E-state index in [1.54, 1.807) is 0 Å². The second-order valence-electron chi connectivity index (χ2n) is 20.9. The Hall–Kier alpha value is -9.58. The summed E-state index contributed by atoms with van der Waals surface area (Å²) >= 11 is 0. The number of amidine groups is 1. The molecule has 0 bridgehead atoms. The molecule has 5 nitrogen and oxygen atoms in total. The number of rotatable bonds is 8. The van der Waals surface area contributed by atoms with Crippen molar-refractivity contribution in [3.8, 4) is 11.4 Å². The van der Waals surface area contributed by atoms with Gasteiger partial charge < -0.3 is 13.6 Å². The molecule has 2 unspecified atom stereocenters. The third-order valence-corrected chi connectivity index (χ3v) is 16.4. The van der Waals surface area contributed by atoms with Gasteiger partial charge in [-0.1, -0.05) is 178 Å². The van der Waals surface area contributed by atoms with E-state index in [1.165, 1.54) is 54.0 Å². The molecule has 77 heavy (non-hydrogen) atoms. The van der Waals surface area contributed by atoms with Crippen LogP contribution in [0.3, 0.4) is 0 Å². The van der Waals surface area contributed by atoms with Crippen LogP contribution in [0.2, 0.25) is 0 Å². The minimum Gasteiger partial charge on any atom is -0.453 e. The summed E-state index contributed by atoms with van der Waals surface area (Å²) in [6.07, 6.45) is 0.947. The first kappa shape index (κ1) is 44.9. The highest BCUT2D eigenvalue weighted by Gasteiger charge is 2.25. The van der Waals surface area contributed by atoms with E-state index in [4.69, 9.17) is 14.4 Å². The van der Waals surface area contributed by atoms with Gasteiger partial charge in [-0.3, -0.25) is 4.99 Å². The zero-order valence-corrected chi connectivity index (χ0v) is 43.1. The molecule has 0 aliphatic heterocycles. The zero-order chi connectivity index (χ0) is 51.3. The Bertz CT molecular complexity index is 4850. The summed E-state index contributed by atoms with van der Waals surface area (Å²) in [5.74, 6) is 0.909. The summed E-state index contributed by atoms with van der Waals surface area (Å²) in [4.78, 5) is 11.7. The number of aromatic nitrogens is 2. The number of furan rings is 1. The van der Waals surface area contributed by atoms with Gasteiger partial charge in [0, 0.05) is 54.7 Å². The second kappa shape index (κ2) is 17.8. The first-order valence-electron chi connectivity index (χ1n) is 26.9. The number of benzene rings is 12. The number of hydrogen-bond acceptors (Lipinski definition) is 2. The van der Waals surface area contributed by atoms with E-state index in [1.807, 2.05) is 0 Å². The predicted octanol–water partition coefficient (Wildman–Crippen LogP) is 19.4. The summed E-state index contributed by atoms with van der Waals surface area (Å²) in [5.41, 5.74) is 12.3. The normalized spacial score (nSPS) is 13.5. The van der Waals surface area contributed by atoms with E-state index in [2.05, 4.69) is 266 Å². The highest BCUT2D eigenvalue weighted by atomic mass is 16.3. The van der Waals surface area contributed by atoms with Crippen LogP contribution in [0, 0.1) is 5.92 Å². The summed E-state index contributed by atoms with van der Waals surface area (Å²) in [6.45, 7) is 6.75. The van der Waals surface area contributed by atoms with Crippen molar-refractivity contribution in [1.82, 2.24) is 9.13 Å². The minimum absolute atomic E-state index is 0.176. The lowest BCUT2D eigenvalue weighted by Gasteiger charge is -2.22. The fourth-order valence-electron chi connectivity index (χ4n) is 12.3. The predicted molar refractivity (Wildman–Crippen MR) is 326 cm³/mol. The van der Waals surface area contributed by atoms with Crippen LogP contribution in [0.4, 0.5) is 0 Å². The van der Waals surface area contributed by atoms with Crippen LogP contribution < -0.4 is 0 Å². The molecule has 0 N–H and O–H groups in total. The first-order valence-corrected chi connectivity index (χ1v) is 26.9. The van der Waals surface area contributed by atoms with Crippen molar-refractivity contribution in [1.29, 1.82) is 0 Å². The van der Waals surface area contributed by atoms with Crippen LogP contribution in [-0.2, 0) is 0 Å². The average molecular weight is 989 g/mol. The molecule has 2 atom stereocenters. The van der Waals surface area contributed by atoms with Gasteiger partial charge in [0.05, 0.1) is 33.8 Å². The summed E-state index contributed by atoms with van der Waals surface area (Å²) in [6, 6.07) is 85.7. The van der Waals surface area contributed by atoms with E-state index in [-0.39, 0.29) is 12.0 Å². The smallest absolute Gasteiger partial charge is 0.159 e. The van der Waals surface area contributed by atoms with Crippen molar-refractivity contribution in [3.63, 3.8) is 0 Å². The standard InChI is InChI=1S/C72H52N4O/c1-4-44(2)69(58-31-18-25-46-19-12-14-28-55(46)58)74-72(52-34-36-65-60(39-52)57-30-16-17-32-64(57)75(65)54-26-6-5-7-27-54)73-45(3)53-40-63-59-35-33-47-20-13-15-29-56(47)70(59)77-71(63)68(43-53)76-66-41-50-23-10-8-21-48(50)37-61(66)62-38-49-22-9-11-24-51(49)42-67(62)76/h5-44,69H,4H2,1-3H3/b73-45+,74-72-. The Kier molecular flexibility index (Phi) is 10.4. The molecule has 5 heteroatoms. The van der Waals surface area contributed by atoms with E-state index in [0.717, 1.165) is 94.8 Å². The quantitative estimate of drug-likeness (QED) is 0.111. The largest absolute Gasteiger partial charge is 0.453 e. The summed E-state index contributed by atoms with van der Waals surface area (Å²) in [7, 11) is 0. The van der Waals surface area contributed by atoms with Crippen molar-refractivity contribution >= 4 is 120 Å². The van der Waals surface area contributed by atoms with Crippen LogP contribution in [0.25, 0.3) is 120 Å². The Morgan fingerprint density at radius 3 is 1.68 bits per heavy atom. The maximum Gasteiger partial charge on any atom is 0.159 e. The molecule has 15 aromatic rings. The van der Waals surface area contributed by atoms with Crippen molar-refractivity contribution in [2.24, 2.45) is 15.9 Å². The van der Waals surface area contributed by atoms with Crippen LogP contribution in [0.5, 0.6) is 0 Å². The third kappa shape index (κ3) is 7.22. The molecular weight excluding hydrogens is 937 g/mol. The minimum atomic E-state index is -0.176. The van der Waals surface area contributed by atoms with Gasteiger partial charge in [-0.25, -0.2) is 4.99 Å². The Morgan fingerprint density at radius 1 is 0.416 bits per heavy atom. The molecule has 0 radical (unpaired) electrons. The van der Waals surface area contributed by atoms with Gasteiger partial charge in [0.15, 0.2) is 11.4 Å². The number of para-hydroxylation sites is 2. The topological polar surface area (TPSA) is 47.7 Å². The van der Waals surface area contributed by atoms with Crippen molar-refractivity contribution < 1.29 is 4.42 Å². The maximum atomic E-state index is 7.28. The molecule has 12 aromatic carbocycles. The van der Waals surface area contributed by atoms with E-state index >= 15 is 0 Å². The Labute approximate surface area is 445 Å². The molecule has 0 spiro atoms. The molecular formula is C72H52N4O. The summed E-state index contributed by atoms with van der Waals surface area (Å²) in [5, 5.41) is 16.2. The number of fused-ring (bicyclic) bond motifs is 14. The molecule has 0 aliphatic rings. The van der Waals surface area contributed by atoms with Crippen LogP contribution >= 0.6 is 0 Å². The van der Waals surface area contributed by atoms with Gasteiger partial charge in [0.1, 0.15) is 5.58 Å². The molecule has 0 aliphatic carbocycles. The van der Waals surface area contributed by atoms with Crippen molar-refractivity contribution in [2.45, 2.75) is 33.2 Å². The number of aliphatic imine (C=N–C) groups is 2. The van der Waals surface area contributed by atoms with Gasteiger partial charge in [-0.05, 0) is 141 Å². The Balaban J connectivity index is 1.02. The van der Waals surface area contributed by atoms with Crippen LogP contribution in [-0.4, -0.2) is 20.7 Å². The second-order valence-corrected chi connectivity index (χ2v) is 20.9. The van der Waals surface area contributed by atoms with Crippen molar-refractivity contribution in [2.75, 3.05) is 0 Å². The van der Waals surface area contributed by atoms with Crippen LogP contribution in [0.15, 0.2) is 251 Å². The fourth-order valence-corrected chi connectivity index (χ4v) is 12.3.